The summed E-state index contributed by atoms with van der Waals surface area (Å²) in [6.07, 6.45) is 9.16. The number of ether oxygens (including phenoxy) is 2. The summed E-state index contributed by atoms with van der Waals surface area (Å²) in [5.41, 5.74) is 1.19. The highest BCUT2D eigenvalue weighted by Crippen LogP contribution is 2.18. The minimum atomic E-state index is -0.923. The predicted octanol–water partition coefficient (Wildman–Crippen LogP) is 2.50. The highest BCUT2D eigenvalue weighted by Gasteiger charge is 2.11. The van der Waals surface area contributed by atoms with E-state index in [-0.39, 0.29) is 0 Å². The Bertz CT molecular complexity index is 325. The van der Waals surface area contributed by atoms with Gasteiger partial charge < -0.3 is 9.47 Å². The Labute approximate surface area is 101 Å². The van der Waals surface area contributed by atoms with Crippen LogP contribution in [-0.2, 0) is 19.1 Å². The van der Waals surface area contributed by atoms with Gasteiger partial charge in [0, 0.05) is 13.8 Å². The number of carbonyl (C=O) groups is 2. The highest BCUT2D eigenvalue weighted by molar-refractivity contribution is 5.68. The van der Waals surface area contributed by atoms with Crippen LogP contribution in [0.5, 0.6) is 0 Å². The Kier molecular flexibility index (Phi) is 5.46. The highest BCUT2D eigenvalue weighted by atomic mass is 16.7. The van der Waals surface area contributed by atoms with Gasteiger partial charge in [-0.2, -0.15) is 0 Å². The van der Waals surface area contributed by atoms with Gasteiger partial charge in [-0.05, 0) is 31.8 Å². The van der Waals surface area contributed by atoms with Crippen LogP contribution < -0.4 is 0 Å². The standard InChI is InChI=1S/C13H18O4/c1-10(14)16-13(17-11(2)15)9-8-12-6-4-3-5-7-12/h6,8-9,13H,3-5,7H2,1-2H3/b9-8+. The summed E-state index contributed by atoms with van der Waals surface area (Å²) in [7, 11) is 0. The Hall–Kier alpha value is -1.58. The SMILES string of the molecule is CC(=O)OC(/C=C/C1=CCCCC1)OC(C)=O. The molecule has 0 aromatic rings. The summed E-state index contributed by atoms with van der Waals surface area (Å²) < 4.78 is 9.71. The molecule has 0 aromatic heterocycles. The van der Waals surface area contributed by atoms with Crippen LogP contribution in [0.2, 0.25) is 0 Å². The number of hydrogen-bond donors (Lipinski definition) is 0. The lowest BCUT2D eigenvalue weighted by Crippen LogP contribution is -2.20. The van der Waals surface area contributed by atoms with E-state index in [1.165, 1.54) is 32.3 Å². The summed E-state index contributed by atoms with van der Waals surface area (Å²) in [6.45, 7) is 2.56. The van der Waals surface area contributed by atoms with Crippen LogP contribution in [0.15, 0.2) is 23.8 Å². The van der Waals surface area contributed by atoms with Crippen molar-refractivity contribution in [2.24, 2.45) is 0 Å². The second kappa shape index (κ2) is 6.89. The van der Waals surface area contributed by atoms with Crippen LogP contribution in [0, 0.1) is 0 Å². The quantitative estimate of drug-likeness (QED) is 0.557. The zero-order chi connectivity index (χ0) is 12.7. The van der Waals surface area contributed by atoms with Crippen LogP contribution in [0.25, 0.3) is 0 Å². The Morgan fingerprint density at radius 2 is 1.88 bits per heavy atom. The first-order valence-electron chi connectivity index (χ1n) is 5.79. The van der Waals surface area contributed by atoms with Crippen molar-refractivity contribution >= 4 is 11.9 Å². The van der Waals surface area contributed by atoms with Crippen molar-refractivity contribution in [2.45, 2.75) is 45.8 Å². The number of carbonyl (C=O) groups excluding carboxylic acids is 2. The third-order valence-electron chi connectivity index (χ3n) is 2.36. The molecule has 0 bridgehead atoms. The Morgan fingerprint density at radius 1 is 1.24 bits per heavy atom. The zero-order valence-electron chi connectivity index (χ0n) is 10.3. The molecule has 1 aliphatic carbocycles. The fourth-order valence-electron chi connectivity index (χ4n) is 1.65. The summed E-state index contributed by atoms with van der Waals surface area (Å²) in [4.78, 5) is 21.6. The van der Waals surface area contributed by atoms with Gasteiger partial charge in [0.25, 0.3) is 6.29 Å². The van der Waals surface area contributed by atoms with Gasteiger partial charge in [0.2, 0.25) is 0 Å². The topological polar surface area (TPSA) is 52.6 Å². The first-order chi connectivity index (χ1) is 8.08. The van der Waals surface area contributed by atoms with Crippen LogP contribution in [-0.4, -0.2) is 18.2 Å². The molecule has 0 saturated carbocycles. The molecule has 94 valence electrons. The van der Waals surface area contributed by atoms with Crippen molar-refractivity contribution in [1.82, 2.24) is 0 Å². The van der Waals surface area contributed by atoms with Crippen LogP contribution >= 0.6 is 0 Å². The molecule has 1 rings (SSSR count). The van der Waals surface area contributed by atoms with Crippen molar-refractivity contribution in [3.63, 3.8) is 0 Å². The molecule has 0 N–H and O–H groups in total. The molecule has 0 aromatic carbocycles. The lowest BCUT2D eigenvalue weighted by atomic mass is 9.99. The molecule has 4 nitrogen and oxygen atoms in total. The monoisotopic (exact) mass is 238 g/mol. The first kappa shape index (κ1) is 13.5. The first-order valence-corrected chi connectivity index (χ1v) is 5.79. The van der Waals surface area contributed by atoms with Gasteiger partial charge in [-0.1, -0.05) is 17.7 Å². The smallest absolute Gasteiger partial charge is 0.305 e. The number of esters is 2. The molecule has 0 saturated heterocycles. The lowest BCUT2D eigenvalue weighted by molar-refractivity contribution is -0.176. The maximum Gasteiger partial charge on any atom is 0.305 e. The van der Waals surface area contributed by atoms with Crippen molar-refractivity contribution < 1.29 is 19.1 Å². The average molecular weight is 238 g/mol. The van der Waals surface area contributed by atoms with E-state index >= 15 is 0 Å². The number of allylic oxidation sites excluding steroid dienone is 3. The van der Waals surface area contributed by atoms with Gasteiger partial charge in [0.15, 0.2) is 0 Å². The van der Waals surface area contributed by atoms with E-state index < -0.39 is 18.2 Å². The zero-order valence-corrected chi connectivity index (χ0v) is 10.3. The van der Waals surface area contributed by atoms with Crippen LogP contribution in [0.3, 0.4) is 0 Å². The van der Waals surface area contributed by atoms with Crippen molar-refractivity contribution in [2.75, 3.05) is 0 Å². The summed E-state index contributed by atoms with van der Waals surface area (Å²) in [5.74, 6) is -0.947. The Balaban J connectivity index is 2.57. The van der Waals surface area contributed by atoms with Gasteiger partial charge in [-0.25, -0.2) is 0 Å². The van der Waals surface area contributed by atoms with Crippen LogP contribution in [0.1, 0.15) is 39.5 Å². The summed E-state index contributed by atoms with van der Waals surface area (Å²) in [5, 5.41) is 0. The van der Waals surface area contributed by atoms with Gasteiger partial charge in [0.05, 0.1) is 0 Å². The minimum Gasteiger partial charge on any atom is -0.421 e. The number of rotatable bonds is 4. The van der Waals surface area contributed by atoms with Gasteiger partial charge in [-0.15, -0.1) is 0 Å². The molecule has 0 radical (unpaired) electrons. The third kappa shape index (κ3) is 5.90. The predicted molar refractivity (Wildman–Crippen MR) is 63.0 cm³/mol. The van der Waals surface area contributed by atoms with Gasteiger partial charge >= 0.3 is 11.9 Å². The van der Waals surface area contributed by atoms with Crippen molar-refractivity contribution in [1.29, 1.82) is 0 Å². The fraction of sp³-hybridized carbons (Fsp3) is 0.538. The van der Waals surface area contributed by atoms with Crippen molar-refractivity contribution in [3.05, 3.63) is 23.8 Å². The third-order valence-corrected chi connectivity index (χ3v) is 2.36. The molecular weight excluding hydrogens is 220 g/mol. The normalized spacial score (nSPS) is 15.8. The van der Waals surface area contributed by atoms with Gasteiger partial charge in [-0.3, -0.25) is 9.59 Å². The van der Waals surface area contributed by atoms with E-state index in [0.29, 0.717) is 0 Å². The molecule has 0 heterocycles. The average Bonchev–Trinajstić information content (AvgIpc) is 2.26. The fourth-order valence-corrected chi connectivity index (χ4v) is 1.65. The largest absolute Gasteiger partial charge is 0.421 e. The van der Waals surface area contributed by atoms with Crippen LogP contribution in [0.4, 0.5) is 0 Å². The van der Waals surface area contributed by atoms with Crippen molar-refractivity contribution in [3.8, 4) is 0 Å². The maximum absolute atomic E-state index is 10.8. The molecule has 0 atom stereocenters. The van der Waals surface area contributed by atoms with E-state index in [9.17, 15) is 9.59 Å². The van der Waals surface area contributed by atoms with E-state index in [0.717, 1.165) is 12.8 Å². The molecule has 0 amide bonds. The minimum absolute atomic E-state index is 0.474. The second-order valence-electron chi connectivity index (χ2n) is 3.97. The second-order valence-corrected chi connectivity index (χ2v) is 3.97. The van der Waals surface area contributed by atoms with E-state index in [1.54, 1.807) is 6.08 Å². The summed E-state index contributed by atoms with van der Waals surface area (Å²) in [6, 6.07) is 0. The number of hydrogen-bond acceptors (Lipinski definition) is 4. The molecule has 1 aliphatic rings. The molecule has 0 spiro atoms. The van der Waals surface area contributed by atoms with E-state index in [2.05, 4.69) is 6.08 Å². The lowest BCUT2D eigenvalue weighted by Gasteiger charge is -2.13. The van der Waals surface area contributed by atoms with E-state index in [1.807, 2.05) is 6.08 Å². The van der Waals surface area contributed by atoms with Gasteiger partial charge in [0.1, 0.15) is 0 Å². The molecule has 17 heavy (non-hydrogen) atoms. The molecule has 0 unspecified atom stereocenters. The maximum atomic E-state index is 10.8. The molecule has 0 fully saturated rings. The molecule has 0 aliphatic heterocycles. The molecule has 4 heteroatoms. The molecular formula is C13H18O4. The Morgan fingerprint density at radius 3 is 2.35 bits per heavy atom. The van der Waals surface area contributed by atoms with E-state index in [4.69, 9.17) is 9.47 Å². The summed E-state index contributed by atoms with van der Waals surface area (Å²) >= 11 is 0.